The van der Waals surface area contributed by atoms with Crippen LogP contribution in [0, 0.1) is 0 Å². The molecule has 0 spiro atoms. The van der Waals surface area contributed by atoms with Crippen molar-refractivity contribution in [1.29, 1.82) is 0 Å². The zero-order chi connectivity index (χ0) is 6.85. The van der Waals surface area contributed by atoms with E-state index in [2.05, 4.69) is 10.3 Å². The van der Waals surface area contributed by atoms with Gasteiger partial charge < -0.3 is 5.32 Å². The molecule has 1 unspecified atom stereocenters. The molecule has 0 aromatic carbocycles. The Bertz CT molecular complexity index is 162. The lowest BCUT2D eigenvalue weighted by Crippen LogP contribution is -2.42. The third kappa shape index (κ3) is 1.28. The quantitative estimate of drug-likeness (QED) is 0.486. The van der Waals surface area contributed by atoms with Gasteiger partial charge in [0.2, 0.25) is 0 Å². The summed E-state index contributed by atoms with van der Waals surface area (Å²) < 4.78 is 0. The average Bonchev–Trinajstić information content (AvgIpc) is 1.80. The molecule has 0 aromatic heterocycles. The van der Waals surface area contributed by atoms with Crippen LogP contribution in [0.4, 0.5) is 0 Å². The first-order chi connectivity index (χ1) is 4.20. The molecule has 0 saturated heterocycles. The summed E-state index contributed by atoms with van der Waals surface area (Å²) in [6, 6.07) is 0.209. The first-order valence-corrected chi connectivity index (χ1v) is 3.02. The standard InChI is InChI=1S/C6H10N2O/c1-4-3-7-5(2)6(9)8-4/h4H,3H2,1-2H3,(H,8,9). The van der Waals surface area contributed by atoms with E-state index in [9.17, 15) is 4.79 Å². The highest BCUT2D eigenvalue weighted by Crippen LogP contribution is 1.92. The number of aliphatic imine (C=N–C) groups is 1. The molecule has 0 saturated carbocycles. The van der Waals surface area contributed by atoms with Gasteiger partial charge in [-0.1, -0.05) is 0 Å². The summed E-state index contributed by atoms with van der Waals surface area (Å²) >= 11 is 0. The highest BCUT2D eigenvalue weighted by molar-refractivity contribution is 6.38. The highest BCUT2D eigenvalue weighted by atomic mass is 16.2. The maximum Gasteiger partial charge on any atom is 0.265 e. The Morgan fingerprint density at radius 1 is 1.78 bits per heavy atom. The van der Waals surface area contributed by atoms with Crippen LogP contribution in [-0.4, -0.2) is 24.2 Å². The van der Waals surface area contributed by atoms with Gasteiger partial charge in [-0.15, -0.1) is 0 Å². The number of rotatable bonds is 0. The van der Waals surface area contributed by atoms with Gasteiger partial charge >= 0.3 is 0 Å². The Hall–Kier alpha value is -0.860. The van der Waals surface area contributed by atoms with Crippen LogP contribution in [0.25, 0.3) is 0 Å². The van der Waals surface area contributed by atoms with Crippen molar-refractivity contribution in [2.24, 2.45) is 4.99 Å². The summed E-state index contributed by atoms with van der Waals surface area (Å²) in [7, 11) is 0. The lowest BCUT2D eigenvalue weighted by molar-refractivity contribution is -0.115. The number of hydrogen-bond donors (Lipinski definition) is 1. The van der Waals surface area contributed by atoms with Gasteiger partial charge in [0.25, 0.3) is 5.91 Å². The lowest BCUT2D eigenvalue weighted by Gasteiger charge is -2.16. The van der Waals surface area contributed by atoms with E-state index in [0.717, 1.165) is 6.54 Å². The van der Waals surface area contributed by atoms with E-state index >= 15 is 0 Å². The second-order valence-corrected chi connectivity index (χ2v) is 2.30. The van der Waals surface area contributed by atoms with E-state index in [0.29, 0.717) is 5.71 Å². The summed E-state index contributed by atoms with van der Waals surface area (Å²) in [6.45, 7) is 4.38. The van der Waals surface area contributed by atoms with Crippen LogP contribution in [0.1, 0.15) is 13.8 Å². The topological polar surface area (TPSA) is 41.5 Å². The SMILES string of the molecule is CC1=NCC(C)NC1=O. The van der Waals surface area contributed by atoms with Crippen molar-refractivity contribution in [3.05, 3.63) is 0 Å². The predicted molar refractivity (Wildman–Crippen MR) is 35.6 cm³/mol. The van der Waals surface area contributed by atoms with Crippen LogP contribution in [0.3, 0.4) is 0 Å². The van der Waals surface area contributed by atoms with Gasteiger partial charge in [0, 0.05) is 6.04 Å². The van der Waals surface area contributed by atoms with Gasteiger partial charge in [0.15, 0.2) is 0 Å². The van der Waals surface area contributed by atoms with E-state index in [4.69, 9.17) is 0 Å². The molecule has 3 heteroatoms. The fourth-order valence-corrected chi connectivity index (χ4v) is 0.720. The van der Waals surface area contributed by atoms with E-state index in [1.54, 1.807) is 6.92 Å². The fourth-order valence-electron chi connectivity index (χ4n) is 0.720. The Morgan fingerprint density at radius 2 is 2.44 bits per heavy atom. The van der Waals surface area contributed by atoms with Crippen molar-refractivity contribution in [3.8, 4) is 0 Å². The first kappa shape index (κ1) is 6.26. The summed E-state index contributed by atoms with van der Waals surface area (Å²) in [5, 5.41) is 2.76. The smallest absolute Gasteiger partial charge is 0.265 e. The van der Waals surface area contributed by atoms with Crippen LogP contribution in [0.2, 0.25) is 0 Å². The molecule has 1 atom stereocenters. The van der Waals surface area contributed by atoms with E-state index < -0.39 is 0 Å². The minimum atomic E-state index is -0.0336. The predicted octanol–water partition coefficient (Wildman–Crippen LogP) is -0.0344. The van der Waals surface area contributed by atoms with Crippen molar-refractivity contribution in [1.82, 2.24) is 5.32 Å². The van der Waals surface area contributed by atoms with Crippen LogP contribution in [0.15, 0.2) is 4.99 Å². The number of hydrogen-bond acceptors (Lipinski definition) is 2. The van der Waals surface area contributed by atoms with E-state index in [1.807, 2.05) is 6.92 Å². The third-order valence-corrected chi connectivity index (χ3v) is 1.31. The molecule has 0 bridgehead atoms. The molecule has 1 aliphatic rings. The van der Waals surface area contributed by atoms with Crippen LogP contribution in [0.5, 0.6) is 0 Å². The Kier molecular flexibility index (Phi) is 1.51. The molecule has 50 valence electrons. The van der Waals surface area contributed by atoms with Gasteiger partial charge in [-0.3, -0.25) is 9.79 Å². The number of nitrogens with zero attached hydrogens (tertiary/aromatic N) is 1. The molecule has 9 heavy (non-hydrogen) atoms. The normalized spacial score (nSPS) is 27.1. The van der Waals surface area contributed by atoms with Crippen LogP contribution >= 0.6 is 0 Å². The summed E-state index contributed by atoms with van der Waals surface area (Å²) in [4.78, 5) is 14.8. The van der Waals surface area contributed by atoms with Gasteiger partial charge in [-0.05, 0) is 13.8 Å². The van der Waals surface area contributed by atoms with Crippen molar-refractivity contribution >= 4 is 11.6 Å². The summed E-state index contributed by atoms with van der Waals surface area (Å²) in [5.41, 5.74) is 0.591. The van der Waals surface area contributed by atoms with Crippen LogP contribution in [-0.2, 0) is 4.79 Å². The van der Waals surface area contributed by atoms with Crippen molar-refractivity contribution < 1.29 is 4.79 Å². The molecule has 1 amide bonds. The average molecular weight is 126 g/mol. The van der Waals surface area contributed by atoms with E-state index in [-0.39, 0.29) is 11.9 Å². The highest BCUT2D eigenvalue weighted by Gasteiger charge is 2.14. The van der Waals surface area contributed by atoms with Gasteiger partial charge in [-0.25, -0.2) is 0 Å². The number of nitrogens with one attached hydrogen (secondary N) is 1. The number of amides is 1. The van der Waals surface area contributed by atoms with Crippen molar-refractivity contribution in [2.75, 3.05) is 6.54 Å². The second-order valence-electron chi connectivity index (χ2n) is 2.30. The monoisotopic (exact) mass is 126 g/mol. The maximum atomic E-state index is 10.8. The molecule has 0 aliphatic carbocycles. The summed E-state index contributed by atoms with van der Waals surface area (Å²) in [5.74, 6) is -0.0336. The molecular formula is C6H10N2O. The minimum absolute atomic E-state index is 0.0336. The number of carbonyl (C=O) groups excluding carboxylic acids is 1. The Labute approximate surface area is 54.2 Å². The maximum absolute atomic E-state index is 10.8. The van der Waals surface area contributed by atoms with E-state index in [1.165, 1.54) is 0 Å². The molecule has 0 fully saturated rings. The van der Waals surface area contributed by atoms with Crippen LogP contribution < -0.4 is 5.32 Å². The second kappa shape index (κ2) is 2.17. The molecule has 0 aromatic rings. The molecule has 1 aliphatic heterocycles. The Morgan fingerprint density at radius 3 is 2.89 bits per heavy atom. The van der Waals surface area contributed by atoms with Crippen molar-refractivity contribution in [2.45, 2.75) is 19.9 Å². The van der Waals surface area contributed by atoms with Crippen molar-refractivity contribution in [3.63, 3.8) is 0 Å². The first-order valence-electron chi connectivity index (χ1n) is 3.02. The van der Waals surface area contributed by atoms with Gasteiger partial charge in [-0.2, -0.15) is 0 Å². The lowest BCUT2D eigenvalue weighted by atomic mass is 10.2. The molecule has 0 radical (unpaired) electrons. The third-order valence-electron chi connectivity index (χ3n) is 1.31. The molecular weight excluding hydrogens is 116 g/mol. The number of carbonyl (C=O) groups is 1. The zero-order valence-electron chi connectivity index (χ0n) is 5.64. The van der Waals surface area contributed by atoms with Gasteiger partial charge in [0.1, 0.15) is 0 Å². The molecule has 1 heterocycles. The fraction of sp³-hybridized carbons (Fsp3) is 0.667. The Balaban J connectivity index is 2.68. The molecule has 3 nitrogen and oxygen atoms in total. The minimum Gasteiger partial charge on any atom is -0.347 e. The van der Waals surface area contributed by atoms with Gasteiger partial charge in [0.05, 0.1) is 12.3 Å². The summed E-state index contributed by atoms with van der Waals surface area (Å²) in [6.07, 6.45) is 0. The molecule has 1 N–H and O–H groups in total. The largest absolute Gasteiger partial charge is 0.347 e. The zero-order valence-corrected chi connectivity index (χ0v) is 5.64. The molecule has 1 rings (SSSR count).